The van der Waals surface area contributed by atoms with Crippen molar-refractivity contribution in [2.75, 3.05) is 6.61 Å². The van der Waals surface area contributed by atoms with Crippen molar-refractivity contribution in [3.63, 3.8) is 0 Å². The first-order valence-electron chi connectivity index (χ1n) is 4.95. The van der Waals surface area contributed by atoms with Crippen molar-refractivity contribution in [3.05, 3.63) is 29.0 Å². The van der Waals surface area contributed by atoms with Crippen molar-refractivity contribution < 1.29 is 14.6 Å². The number of hydrogen-bond acceptors (Lipinski definition) is 4. The van der Waals surface area contributed by atoms with E-state index in [0.717, 1.165) is 0 Å². The van der Waals surface area contributed by atoms with E-state index >= 15 is 0 Å². The Hall–Kier alpha value is -1.13. The molecule has 16 heavy (non-hydrogen) atoms. The molecule has 0 aromatic carbocycles. The smallest absolute Gasteiger partial charge is 0.309 e. The summed E-state index contributed by atoms with van der Waals surface area (Å²) in [6.45, 7) is 3.55. The van der Waals surface area contributed by atoms with E-state index in [2.05, 4.69) is 4.98 Å². The number of nitrogens with zero attached hydrogens (tertiary/aromatic N) is 1. The van der Waals surface area contributed by atoms with Crippen molar-refractivity contribution in [2.24, 2.45) is 0 Å². The summed E-state index contributed by atoms with van der Waals surface area (Å²) in [5.41, 5.74) is -0.755. The molecule has 0 fully saturated rings. The van der Waals surface area contributed by atoms with Gasteiger partial charge in [0.25, 0.3) is 0 Å². The highest BCUT2D eigenvalue weighted by Crippen LogP contribution is 2.24. The molecule has 0 aliphatic rings. The number of pyridine rings is 1. The molecule has 0 saturated carbocycles. The molecule has 88 valence electrons. The van der Waals surface area contributed by atoms with Crippen molar-refractivity contribution in [3.8, 4) is 0 Å². The summed E-state index contributed by atoms with van der Waals surface area (Å²) in [4.78, 5) is 15.1. The summed E-state index contributed by atoms with van der Waals surface area (Å²) in [5.74, 6) is -0.442. The van der Waals surface area contributed by atoms with E-state index in [-0.39, 0.29) is 6.42 Å². The van der Waals surface area contributed by atoms with Gasteiger partial charge < -0.3 is 9.84 Å². The van der Waals surface area contributed by atoms with Gasteiger partial charge in [-0.1, -0.05) is 17.7 Å². The maximum atomic E-state index is 11.3. The molecule has 0 saturated heterocycles. The Labute approximate surface area is 99.2 Å². The summed E-state index contributed by atoms with van der Waals surface area (Å²) in [5, 5.41) is 10.4. The molecule has 0 bridgehead atoms. The van der Waals surface area contributed by atoms with Gasteiger partial charge in [0, 0.05) is 11.8 Å². The first-order chi connectivity index (χ1) is 7.45. The lowest BCUT2D eigenvalue weighted by Crippen LogP contribution is -2.26. The highest BCUT2D eigenvalue weighted by Gasteiger charge is 2.27. The van der Waals surface area contributed by atoms with Gasteiger partial charge in [-0.3, -0.25) is 4.79 Å². The molecule has 0 amide bonds. The van der Waals surface area contributed by atoms with Crippen LogP contribution in [0.1, 0.15) is 25.8 Å². The minimum absolute atomic E-state index is 0.107. The average Bonchev–Trinajstić information content (AvgIpc) is 2.17. The Bertz CT molecular complexity index is 362. The molecule has 1 N–H and O–H groups in total. The van der Waals surface area contributed by atoms with Crippen LogP contribution in [0.25, 0.3) is 0 Å². The maximum absolute atomic E-state index is 11.3. The molecular formula is C11H14ClNO3. The lowest BCUT2D eigenvalue weighted by Gasteiger charge is -2.22. The summed E-state index contributed by atoms with van der Waals surface area (Å²) < 4.78 is 4.78. The van der Waals surface area contributed by atoms with Crippen LogP contribution < -0.4 is 0 Å². The molecule has 0 radical (unpaired) electrons. The predicted molar refractivity (Wildman–Crippen MR) is 60.1 cm³/mol. The number of aliphatic hydroxyl groups is 1. The fourth-order valence-electron chi connectivity index (χ4n) is 1.29. The van der Waals surface area contributed by atoms with Crippen LogP contribution in [0.2, 0.25) is 5.15 Å². The Kier molecular flexibility index (Phi) is 4.26. The average molecular weight is 244 g/mol. The third-order valence-electron chi connectivity index (χ3n) is 2.14. The van der Waals surface area contributed by atoms with Crippen molar-refractivity contribution in [1.29, 1.82) is 0 Å². The van der Waals surface area contributed by atoms with E-state index in [1.54, 1.807) is 19.1 Å². The van der Waals surface area contributed by atoms with Crippen LogP contribution in [0.5, 0.6) is 0 Å². The number of carbonyl (C=O) groups is 1. The van der Waals surface area contributed by atoms with Gasteiger partial charge in [0.1, 0.15) is 5.15 Å². The van der Waals surface area contributed by atoms with Gasteiger partial charge >= 0.3 is 5.97 Å². The first kappa shape index (κ1) is 12.9. The summed E-state index contributed by atoms with van der Waals surface area (Å²) in [6, 6.07) is 3.20. The lowest BCUT2D eigenvalue weighted by atomic mass is 9.94. The fourth-order valence-corrected chi connectivity index (χ4v) is 1.40. The highest BCUT2D eigenvalue weighted by atomic mass is 35.5. The van der Waals surface area contributed by atoms with E-state index in [1.165, 1.54) is 13.1 Å². The standard InChI is InChI=1S/C11H14ClNO3/c1-3-16-10(14)6-11(2,15)8-4-5-9(12)13-7-8/h4-5,7,15H,3,6H2,1-2H3. The molecule has 0 spiro atoms. The molecule has 5 heteroatoms. The Morgan fingerprint density at radius 1 is 1.62 bits per heavy atom. The number of esters is 1. The Morgan fingerprint density at radius 3 is 2.81 bits per heavy atom. The topological polar surface area (TPSA) is 59.4 Å². The van der Waals surface area contributed by atoms with Gasteiger partial charge in [-0.2, -0.15) is 0 Å². The van der Waals surface area contributed by atoms with E-state index in [4.69, 9.17) is 16.3 Å². The Balaban J connectivity index is 2.76. The van der Waals surface area contributed by atoms with Gasteiger partial charge in [0.05, 0.1) is 18.6 Å². The fraction of sp³-hybridized carbons (Fsp3) is 0.455. The molecular weight excluding hydrogens is 230 g/mol. The van der Waals surface area contributed by atoms with E-state index < -0.39 is 11.6 Å². The molecule has 1 aromatic rings. The van der Waals surface area contributed by atoms with Crippen molar-refractivity contribution in [2.45, 2.75) is 25.9 Å². The third kappa shape index (κ3) is 3.47. The minimum atomic E-state index is -1.29. The molecule has 0 aliphatic heterocycles. The van der Waals surface area contributed by atoms with Crippen LogP contribution in [-0.2, 0) is 15.1 Å². The monoisotopic (exact) mass is 243 g/mol. The number of ether oxygens (including phenoxy) is 1. The van der Waals surface area contributed by atoms with Gasteiger partial charge in [0.15, 0.2) is 0 Å². The first-order valence-corrected chi connectivity index (χ1v) is 5.33. The van der Waals surface area contributed by atoms with Crippen LogP contribution in [0.3, 0.4) is 0 Å². The largest absolute Gasteiger partial charge is 0.466 e. The van der Waals surface area contributed by atoms with Crippen LogP contribution in [0.15, 0.2) is 18.3 Å². The predicted octanol–water partition coefficient (Wildman–Crippen LogP) is 1.90. The molecule has 1 heterocycles. The maximum Gasteiger partial charge on any atom is 0.309 e. The van der Waals surface area contributed by atoms with Crippen LogP contribution in [0, 0.1) is 0 Å². The lowest BCUT2D eigenvalue weighted by molar-refractivity contribution is -0.148. The Morgan fingerprint density at radius 2 is 2.31 bits per heavy atom. The van der Waals surface area contributed by atoms with Gasteiger partial charge in [-0.05, 0) is 19.9 Å². The number of hydrogen-bond donors (Lipinski definition) is 1. The molecule has 4 nitrogen and oxygen atoms in total. The molecule has 1 aromatic heterocycles. The second-order valence-corrected chi connectivity index (χ2v) is 4.01. The molecule has 0 aliphatic carbocycles. The summed E-state index contributed by atoms with van der Waals surface area (Å²) in [6.07, 6.45) is 1.34. The number of halogens is 1. The zero-order chi connectivity index (χ0) is 12.2. The van der Waals surface area contributed by atoms with Crippen molar-refractivity contribution >= 4 is 17.6 Å². The van der Waals surface area contributed by atoms with Gasteiger partial charge in [-0.25, -0.2) is 4.98 Å². The van der Waals surface area contributed by atoms with E-state index in [0.29, 0.717) is 17.3 Å². The van der Waals surface area contributed by atoms with Gasteiger partial charge in [-0.15, -0.1) is 0 Å². The van der Waals surface area contributed by atoms with Gasteiger partial charge in [0.2, 0.25) is 0 Å². The van der Waals surface area contributed by atoms with E-state index in [1.807, 2.05) is 0 Å². The second kappa shape index (κ2) is 5.27. The normalized spacial score (nSPS) is 14.2. The highest BCUT2D eigenvalue weighted by molar-refractivity contribution is 6.29. The number of rotatable bonds is 4. The van der Waals surface area contributed by atoms with E-state index in [9.17, 15) is 9.90 Å². The zero-order valence-corrected chi connectivity index (χ0v) is 9.99. The summed E-state index contributed by atoms with van der Waals surface area (Å²) in [7, 11) is 0. The quantitative estimate of drug-likeness (QED) is 0.648. The second-order valence-electron chi connectivity index (χ2n) is 3.63. The summed E-state index contributed by atoms with van der Waals surface area (Å²) >= 11 is 5.63. The van der Waals surface area contributed by atoms with Crippen LogP contribution >= 0.6 is 11.6 Å². The third-order valence-corrected chi connectivity index (χ3v) is 2.37. The zero-order valence-electron chi connectivity index (χ0n) is 9.24. The minimum Gasteiger partial charge on any atom is -0.466 e. The number of carbonyl (C=O) groups excluding carboxylic acids is 1. The van der Waals surface area contributed by atoms with Crippen LogP contribution in [0.4, 0.5) is 0 Å². The molecule has 1 unspecified atom stereocenters. The molecule has 1 rings (SSSR count). The molecule has 1 atom stereocenters. The number of aromatic nitrogens is 1. The van der Waals surface area contributed by atoms with Crippen molar-refractivity contribution in [1.82, 2.24) is 4.98 Å². The van der Waals surface area contributed by atoms with Crippen LogP contribution in [-0.4, -0.2) is 22.7 Å². The SMILES string of the molecule is CCOC(=O)CC(C)(O)c1ccc(Cl)nc1.